The molecule has 0 saturated heterocycles. The first-order chi connectivity index (χ1) is 10.2. The highest BCUT2D eigenvalue weighted by Gasteiger charge is 2.15. The Hall–Kier alpha value is -2.13. The molecule has 0 saturated carbocycles. The molecule has 0 aliphatic rings. The smallest absolute Gasteiger partial charge is 0.262 e. The van der Waals surface area contributed by atoms with Gasteiger partial charge in [-0.2, -0.15) is 0 Å². The average molecular weight is 295 g/mol. The maximum absolute atomic E-state index is 12.3. The molecular formula is C18H17NOS. The van der Waals surface area contributed by atoms with Gasteiger partial charge in [0.1, 0.15) is 0 Å². The lowest BCUT2D eigenvalue weighted by molar-refractivity contribution is 0.0943. The summed E-state index contributed by atoms with van der Waals surface area (Å²) in [6, 6.07) is 16.4. The predicted molar refractivity (Wildman–Crippen MR) is 88.9 cm³/mol. The zero-order chi connectivity index (χ0) is 14.8. The van der Waals surface area contributed by atoms with E-state index >= 15 is 0 Å². The van der Waals surface area contributed by atoms with Gasteiger partial charge in [-0.25, -0.2) is 0 Å². The topological polar surface area (TPSA) is 29.1 Å². The van der Waals surface area contributed by atoms with Crippen LogP contribution in [0.2, 0.25) is 0 Å². The van der Waals surface area contributed by atoms with E-state index in [2.05, 4.69) is 29.6 Å². The van der Waals surface area contributed by atoms with E-state index in [0.29, 0.717) is 0 Å². The minimum atomic E-state index is -0.0231. The minimum absolute atomic E-state index is 0.00272. The van der Waals surface area contributed by atoms with Crippen LogP contribution in [-0.4, -0.2) is 5.91 Å². The first-order valence-corrected chi connectivity index (χ1v) is 7.87. The van der Waals surface area contributed by atoms with Gasteiger partial charge < -0.3 is 5.32 Å². The Morgan fingerprint density at radius 3 is 2.62 bits per heavy atom. The van der Waals surface area contributed by atoms with Crippen molar-refractivity contribution in [2.24, 2.45) is 0 Å². The summed E-state index contributed by atoms with van der Waals surface area (Å²) < 4.78 is 0. The lowest BCUT2D eigenvalue weighted by Crippen LogP contribution is -2.26. The van der Waals surface area contributed by atoms with Gasteiger partial charge in [0.2, 0.25) is 0 Å². The third-order valence-corrected chi connectivity index (χ3v) is 4.72. The minimum Gasteiger partial charge on any atom is -0.345 e. The molecule has 1 unspecified atom stereocenters. The molecule has 0 aliphatic heterocycles. The second-order valence-corrected chi connectivity index (χ2v) is 6.11. The fourth-order valence-corrected chi connectivity index (χ4v) is 3.40. The van der Waals surface area contributed by atoms with Crippen LogP contribution in [0.4, 0.5) is 0 Å². The number of rotatable bonds is 3. The number of carbonyl (C=O) groups excluding carboxylic acids is 1. The summed E-state index contributed by atoms with van der Waals surface area (Å²) in [6.07, 6.45) is 0. The normalized spacial score (nSPS) is 12.3. The molecule has 106 valence electrons. The highest BCUT2D eigenvalue weighted by Crippen LogP contribution is 2.25. The zero-order valence-corrected chi connectivity index (χ0v) is 12.9. The molecule has 2 aromatic carbocycles. The quantitative estimate of drug-likeness (QED) is 0.745. The Balaban J connectivity index is 1.89. The summed E-state index contributed by atoms with van der Waals surface area (Å²) in [6.45, 7) is 4.00. The van der Waals surface area contributed by atoms with Crippen molar-refractivity contribution in [2.45, 2.75) is 19.9 Å². The molecule has 0 radical (unpaired) electrons. The lowest BCUT2D eigenvalue weighted by atomic mass is 9.99. The van der Waals surface area contributed by atoms with Crippen LogP contribution in [0.15, 0.2) is 53.9 Å². The van der Waals surface area contributed by atoms with Crippen LogP contribution in [0.25, 0.3) is 10.8 Å². The molecule has 3 heteroatoms. The second-order valence-electron chi connectivity index (χ2n) is 5.20. The van der Waals surface area contributed by atoms with Crippen molar-refractivity contribution in [1.82, 2.24) is 5.32 Å². The van der Waals surface area contributed by atoms with Gasteiger partial charge in [-0.1, -0.05) is 42.5 Å². The second kappa shape index (κ2) is 5.70. The summed E-state index contributed by atoms with van der Waals surface area (Å²) in [5.74, 6) is 0.00272. The molecule has 1 heterocycles. The Bertz CT molecular complexity index is 785. The van der Waals surface area contributed by atoms with E-state index in [1.165, 1.54) is 22.1 Å². The van der Waals surface area contributed by atoms with Crippen LogP contribution < -0.4 is 5.32 Å². The van der Waals surface area contributed by atoms with Gasteiger partial charge >= 0.3 is 0 Å². The number of aryl methyl sites for hydroxylation is 1. The third-order valence-electron chi connectivity index (χ3n) is 3.71. The van der Waals surface area contributed by atoms with E-state index in [4.69, 9.17) is 0 Å². The van der Waals surface area contributed by atoms with Crippen molar-refractivity contribution in [3.63, 3.8) is 0 Å². The molecule has 0 aliphatic carbocycles. The standard InChI is InChI=1S/C18H17NOS/c1-12-10-11-21-17(12)18(20)19-13(2)15-9-5-7-14-6-3-4-8-16(14)15/h3-11,13H,1-2H3,(H,19,20). The number of amides is 1. The van der Waals surface area contributed by atoms with Crippen molar-refractivity contribution in [3.8, 4) is 0 Å². The van der Waals surface area contributed by atoms with E-state index in [-0.39, 0.29) is 11.9 Å². The number of nitrogens with one attached hydrogen (secondary N) is 1. The van der Waals surface area contributed by atoms with Gasteiger partial charge in [-0.3, -0.25) is 4.79 Å². The van der Waals surface area contributed by atoms with Crippen molar-refractivity contribution in [3.05, 3.63) is 69.9 Å². The molecular weight excluding hydrogens is 278 g/mol. The fourth-order valence-electron chi connectivity index (χ4n) is 2.57. The van der Waals surface area contributed by atoms with Gasteiger partial charge in [-0.05, 0) is 47.2 Å². The average Bonchev–Trinajstić information content (AvgIpc) is 2.92. The Morgan fingerprint density at radius 2 is 1.86 bits per heavy atom. The van der Waals surface area contributed by atoms with Crippen molar-refractivity contribution in [2.75, 3.05) is 0 Å². The molecule has 1 atom stereocenters. The first-order valence-electron chi connectivity index (χ1n) is 6.99. The third kappa shape index (κ3) is 2.69. The molecule has 21 heavy (non-hydrogen) atoms. The van der Waals surface area contributed by atoms with Gasteiger partial charge in [-0.15, -0.1) is 11.3 Å². The maximum Gasteiger partial charge on any atom is 0.262 e. The number of carbonyl (C=O) groups is 1. The first kappa shape index (κ1) is 13.8. The highest BCUT2D eigenvalue weighted by molar-refractivity contribution is 7.12. The largest absolute Gasteiger partial charge is 0.345 e. The van der Waals surface area contributed by atoms with E-state index in [1.54, 1.807) is 0 Å². The van der Waals surface area contributed by atoms with Crippen LogP contribution >= 0.6 is 11.3 Å². The summed E-state index contributed by atoms with van der Waals surface area (Å²) in [4.78, 5) is 13.1. The molecule has 0 fully saturated rings. The van der Waals surface area contributed by atoms with Crippen LogP contribution in [-0.2, 0) is 0 Å². The molecule has 2 nitrogen and oxygen atoms in total. The number of fused-ring (bicyclic) bond motifs is 1. The molecule has 1 amide bonds. The van der Waals surface area contributed by atoms with Crippen LogP contribution in [0.5, 0.6) is 0 Å². The number of thiophene rings is 1. The molecule has 0 bridgehead atoms. The Labute approximate surface area is 128 Å². The molecule has 1 aromatic heterocycles. The van der Waals surface area contributed by atoms with Gasteiger partial charge in [0.15, 0.2) is 0 Å². The molecule has 3 rings (SSSR count). The predicted octanol–water partition coefficient (Wildman–Crippen LogP) is 4.70. The van der Waals surface area contributed by atoms with E-state index < -0.39 is 0 Å². The fraction of sp³-hybridized carbons (Fsp3) is 0.167. The number of hydrogen-bond acceptors (Lipinski definition) is 2. The summed E-state index contributed by atoms with van der Waals surface area (Å²) in [5.41, 5.74) is 2.18. The lowest BCUT2D eigenvalue weighted by Gasteiger charge is -2.16. The summed E-state index contributed by atoms with van der Waals surface area (Å²) in [5, 5.41) is 7.44. The van der Waals surface area contributed by atoms with E-state index in [9.17, 15) is 4.79 Å². The summed E-state index contributed by atoms with van der Waals surface area (Å²) >= 11 is 1.49. The van der Waals surface area contributed by atoms with Crippen LogP contribution in [0, 0.1) is 6.92 Å². The summed E-state index contributed by atoms with van der Waals surface area (Å²) in [7, 11) is 0. The zero-order valence-electron chi connectivity index (χ0n) is 12.1. The maximum atomic E-state index is 12.3. The monoisotopic (exact) mass is 295 g/mol. The molecule has 1 N–H and O–H groups in total. The SMILES string of the molecule is Cc1ccsc1C(=O)NC(C)c1cccc2ccccc12. The van der Waals surface area contributed by atoms with Crippen LogP contribution in [0.1, 0.15) is 33.8 Å². The van der Waals surface area contributed by atoms with E-state index in [1.807, 2.05) is 43.5 Å². The van der Waals surface area contributed by atoms with E-state index in [0.717, 1.165) is 16.0 Å². The Morgan fingerprint density at radius 1 is 1.10 bits per heavy atom. The molecule has 0 spiro atoms. The van der Waals surface area contributed by atoms with Crippen LogP contribution in [0.3, 0.4) is 0 Å². The van der Waals surface area contributed by atoms with Gasteiger partial charge in [0.25, 0.3) is 5.91 Å². The number of benzene rings is 2. The molecule has 3 aromatic rings. The van der Waals surface area contributed by atoms with Gasteiger partial charge in [0, 0.05) is 0 Å². The van der Waals surface area contributed by atoms with Crippen molar-refractivity contribution >= 4 is 28.0 Å². The number of hydrogen-bond donors (Lipinski definition) is 1. The Kier molecular flexibility index (Phi) is 3.76. The van der Waals surface area contributed by atoms with Crippen molar-refractivity contribution < 1.29 is 4.79 Å². The highest BCUT2D eigenvalue weighted by atomic mass is 32.1. The van der Waals surface area contributed by atoms with Gasteiger partial charge in [0.05, 0.1) is 10.9 Å². The van der Waals surface area contributed by atoms with Crippen molar-refractivity contribution in [1.29, 1.82) is 0 Å².